The largest absolute Gasteiger partial charge is 0.326 e. The van der Waals surface area contributed by atoms with Crippen molar-refractivity contribution in [3.8, 4) is 0 Å². The summed E-state index contributed by atoms with van der Waals surface area (Å²) in [5.74, 6) is -0.149. The molecule has 2 rings (SSSR count). The number of amides is 1. The van der Waals surface area contributed by atoms with Gasteiger partial charge in [-0.05, 0) is 35.4 Å². The maximum Gasteiger partial charge on any atom is 0.255 e. The molecule has 0 unspecified atom stereocenters. The number of nitrogens with one attached hydrogen (secondary N) is 1. The molecule has 1 amide bonds. The van der Waals surface area contributed by atoms with Gasteiger partial charge in [0.1, 0.15) is 0 Å². The smallest absolute Gasteiger partial charge is 0.255 e. The van der Waals surface area contributed by atoms with Crippen LogP contribution in [0.2, 0.25) is 0 Å². The summed E-state index contributed by atoms with van der Waals surface area (Å²) in [4.78, 5) is 12.1. The van der Waals surface area contributed by atoms with E-state index in [1.54, 1.807) is 12.1 Å². The van der Waals surface area contributed by atoms with Crippen LogP contribution in [0.3, 0.4) is 0 Å². The normalized spacial score (nSPS) is 10.2. The van der Waals surface area contributed by atoms with Gasteiger partial charge in [0.25, 0.3) is 5.91 Å². The molecule has 0 aliphatic heterocycles. The minimum Gasteiger partial charge on any atom is -0.326 e. The van der Waals surface area contributed by atoms with Gasteiger partial charge in [-0.3, -0.25) is 4.79 Å². The van der Waals surface area contributed by atoms with E-state index in [9.17, 15) is 4.79 Å². The van der Waals surface area contributed by atoms with E-state index >= 15 is 0 Å². The van der Waals surface area contributed by atoms with Crippen LogP contribution in [-0.2, 0) is 13.1 Å². The van der Waals surface area contributed by atoms with E-state index in [-0.39, 0.29) is 5.91 Å². The van der Waals surface area contributed by atoms with E-state index in [0.29, 0.717) is 18.7 Å². The Morgan fingerprint density at radius 3 is 2.26 bits per heavy atom. The van der Waals surface area contributed by atoms with Gasteiger partial charge in [-0.25, -0.2) is 0 Å². The van der Waals surface area contributed by atoms with Gasteiger partial charge in [0.15, 0.2) is 0 Å². The predicted molar refractivity (Wildman–Crippen MR) is 76.6 cm³/mol. The lowest BCUT2D eigenvalue weighted by Gasteiger charge is -2.07. The highest BCUT2D eigenvalue weighted by Crippen LogP contribution is 2.12. The zero-order valence-electron chi connectivity index (χ0n) is 10.6. The van der Waals surface area contributed by atoms with Gasteiger partial charge in [0.05, 0.1) is 0 Å². The predicted octanol–water partition coefficient (Wildman–Crippen LogP) is 1.86. The Balaban J connectivity index is 2.15. The molecule has 0 radical (unpaired) electrons. The first-order valence-corrected chi connectivity index (χ1v) is 6.12. The van der Waals surface area contributed by atoms with Crippen molar-refractivity contribution < 1.29 is 4.79 Å². The molecule has 0 spiro atoms. The molecule has 2 aromatic rings. The molecular weight excluding hydrogens is 238 g/mol. The lowest BCUT2D eigenvalue weighted by Crippen LogP contribution is -2.13. The highest BCUT2D eigenvalue weighted by atomic mass is 16.1. The van der Waals surface area contributed by atoms with Gasteiger partial charge in [-0.1, -0.05) is 24.3 Å². The van der Waals surface area contributed by atoms with Crippen LogP contribution < -0.4 is 16.8 Å². The van der Waals surface area contributed by atoms with E-state index < -0.39 is 0 Å². The molecule has 2 aromatic carbocycles. The van der Waals surface area contributed by atoms with Gasteiger partial charge in [-0.15, -0.1) is 0 Å². The average molecular weight is 255 g/mol. The second kappa shape index (κ2) is 6.13. The lowest BCUT2D eigenvalue weighted by molar-refractivity contribution is 0.102. The Kier molecular flexibility index (Phi) is 4.28. The molecule has 0 aliphatic rings. The van der Waals surface area contributed by atoms with Crippen molar-refractivity contribution in [2.24, 2.45) is 11.5 Å². The molecule has 0 heterocycles. The van der Waals surface area contributed by atoms with Crippen molar-refractivity contribution in [1.82, 2.24) is 0 Å². The van der Waals surface area contributed by atoms with E-state index in [0.717, 1.165) is 16.8 Å². The number of hydrogen-bond donors (Lipinski definition) is 3. The highest BCUT2D eigenvalue weighted by Gasteiger charge is 2.06. The van der Waals surface area contributed by atoms with Gasteiger partial charge in [0, 0.05) is 24.3 Å². The Labute approximate surface area is 112 Å². The van der Waals surface area contributed by atoms with Crippen LogP contribution >= 0.6 is 0 Å². The minimum absolute atomic E-state index is 0.149. The van der Waals surface area contributed by atoms with Crippen molar-refractivity contribution in [2.75, 3.05) is 5.32 Å². The maximum atomic E-state index is 12.1. The zero-order chi connectivity index (χ0) is 13.7. The molecule has 0 saturated carbocycles. The fourth-order valence-corrected chi connectivity index (χ4v) is 1.82. The molecule has 4 heteroatoms. The fraction of sp³-hybridized carbons (Fsp3) is 0.133. The third-order valence-corrected chi connectivity index (χ3v) is 2.85. The molecular formula is C15H17N3O. The first-order valence-electron chi connectivity index (χ1n) is 6.12. The third-order valence-electron chi connectivity index (χ3n) is 2.85. The Morgan fingerprint density at radius 2 is 1.58 bits per heavy atom. The van der Waals surface area contributed by atoms with Crippen molar-refractivity contribution in [1.29, 1.82) is 0 Å². The van der Waals surface area contributed by atoms with Crippen LogP contribution in [-0.4, -0.2) is 5.91 Å². The van der Waals surface area contributed by atoms with Gasteiger partial charge >= 0.3 is 0 Å². The second-order valence-corrected chi connectivity index (χ2v) is 4.26. The van der Waals surface area contributed by atoms with Crippen molar-refractivity contribution in [3.63, 3.8) is 0 Å². The Bertz CT molecular complexity index is 581. The summed E-state index contributed by atoms with van der Waals surface area (Å²) in [6.07, 6.45) is 0. The summed E-state index contributed by atoms with van der Waals surface area (Å²) in [6, 6.07) is 14.8. The maximum absolute atomic E-state index is 12.1. The zero-order valence-corrected chi connectivity index (χ0v) is 10.6. The van der Waals surface area contributed by atoms with Crippen LogP contribution in [0.4, 0.5) is 5.69 Å². The number of carbonyl (C=O) groups excluding carboxylic acids is 1. The summed E-state index contributed by atoms with van der Waals surface area (Å²) in [5.41, 5.74) is 14.4. The summed E-state index contributed by atoms with van der Waals surface area (Å²) in [5, 5.41) is 2.85. The summed E-state index contributed by atoms with van der Waals surface area (Å²) >= 11 is 0. The highest BCUT2D eigenvalue weighted by molar-refractivity contribution is 6.04. The second-order valence-electron chi connectivity index (χ2n) is 4.26. The molecule has 0 aromatic heterocycles. The minimum atomic E-state index is -0.149. The van der Waals surface area contributed by atoms with Crippen LogP contribution in [0.25, 0.3) is 0 Å². The molecule has 0 fully saturated rings. The monoisotopic (exact) mass is 255 g/mol. The van der Waals surface area contributed by atoms with Gasteiger partial charge in [0.2, 0.25) is 0 Å². The number of hydrogen-bond acceptors (Lipinski definition) is 3. The summed E-state index contributed by atoms with van der Waals surface area (Å²) < 4.78 is 0. The first kappa shape index (κ1) is 13.3. The molecule has 0 atom stereocenters. The SMILES string of the molecule is NCc1cccc(NC(=O)c2cccc(CN)c2)c1. The van der Waals surface area contributed by atoms with E-state index in [1.165, 1.54) is 0 Å². The van der Waals surface area contributed by atoms with E-state index in [4.69, 9.17) is 11.5 Å². The Hall–Kier alpha value is -2.17. The van der Waals surface area contributed by atoms with Crippen molar-refractivity contribution in [3.05, 3.63) is 65.2 Å². The fourth-order valence-electron chi connectivity index (χ4n) is 1.82. The number of carbonyl (C=O) groups is 1. The number of benzene rings is 2. The van der Waals surface area contributed by atoms with Crippen LogP contribution in [0.5, 0.6) is 0 Å². The quantitative estimate of drug-likeness (QED) is 0.780. The van der Waals surface area contributed by atoms with Crippen LogP contribution in [0, 0.1) is 0 Å². The number of nitrogens with two attached hydrogens (primary N) is 2. The standard InChI is InChI=1S/C15H17N3O/c16-9-11-3-1-5-13(7-11)15(19)18-14-6-2-4-12(8-14)10-17/h1-8H,9-10,16-17H2,(H,18,19). The van der Waals surface area contributed by atoms with Crippen molar-refractivity contribution >= 4 is 11.6 Å². The molecule has 4 nitrogen and oxygen atoms in total. The van der Waals surface area contributed by atoms with Crippen molar-refractivity contribution in [2.45, 2.75) is 13.1 Å². The average Bonchev–Trinajstić information content (AvgIpc) is 2.47. The van der Waals surface area contributed by atoms with Crippen LogP contribution in [0.1, 0.15) is 21.5 Å². The molecule has 5 N–H and O–H groups in total. The topological polar surface area (TPSA) is 81.1 Å². The summed E-state index contributed by atoms with van der Waals surface area (Å²) in [6.45, 7) is 0.871. The van der Waals surface area contributed by atoms with E-state index in [1.807, 2.05) is 36.4 Å². The van der Waals surface area contributed by atoms with Gasteiger partial charge in [-0.2, -0.15) is 0 Å². The number of rotatable bonds is 4. The third kappa shape index (κ3) is 3.40. The molecule has 0 bridgehead atoms. The summed E-state index contributed by atoms with van der Waals surface area (Å²) in [7, 11) is 0. The molecule has 19 heavy (non-hydrogen) atoms. The molecule has 0 saturated heterocycles. The van der Waals surface area contributed by atoms with Gasteiger partial charge < -0.3 is 16.8 Å². The molecule has 98 valence electrons. The number of anilines is 1. The Morgan fingerprint density at radius 1 is 0.947 bits per heavy atom. The first-order chi connectivity index (χ1) is 9.22. The lowest BCUT2D eigenvalue weighted by atomic mass is 10.1. The molecule has 0 aliphatic carbocycles. The van der Waals surface area contributed by atoms with Crippen LogP contribution in [0.15, 0.2) is 48.5 Å². The van der Waals surface area contributed by atoms with E-state index in [2.05, 4.69) is 5.32 Å².